The summed E-state index contributed by atoms with van der Waals surface area (Å²) in [5.74, 6) is 1.63. The Bertz CT molecular complexity index is 391. The molecule has 132 valence electrons. The first-order valence-electron chi connectivity index (χ1n) is 9.46. The molecule has 23 heavy (non-hydrogen) atoms. The molecule has 4 nitrogen and oxygen atoms in total. The average Bonchev–Trinajstić information content (AvgIpc) is 2.53. The van der Waals surface area contributed by atoms with Gasteiger partial charge in [0, 0.05) is 12.5 Å². The van der Waals surface area contributed by atoms with Crippen molar-refractivity contribution >= 4 is 11.9 Å². The van der Waals surface area contributed by atoms with E-state index in [4.69, 9.17) is 5.11 Å². The van der Waals surface area contributed by atoms with Crippen LogP contribution in [0.4, 0.5) is 0 Å². The number of carboxylic acids is 1. The normalized spacial score (nSPS) is 31.8. The smallest absolute Gasteiger partial charge is 0.306 e. The fourth-order valence-corrected chi connectivity index (χ4v) is 4.33. The van der Waals surface area contributed by atoms with Gasteiger partial charge in [-0.15, -0.1) is 0 Å². The van der Waals surface area contributed by atoms with E-state index in [0.29, 0.717) is 5.92 Å². The number of carbonyl (C=O) groups excluding carboxylic acids is 1. The van der Waals surface area contributed by atoms with Gasteiger partial charge < -0.3 is 10.4 Å². The lowest BCUT2D eigenvalue weighted by Gasteiger charge is -2.30. The minimum Gasteiger partial charge on any atom is -0.481 e. The maximum absolute atomic E-state index is 12.3. The molecule has 2 N–H and O–H groups in total. The summed E-state index contributed by atoms with van der Waals surface area (Å²) >= 11 is 0. The second-order valence-corrected chi connectivity index (χ2v) is 8.15. The van der Waals surface area contributed by atoms with Crippen molar-refractivity contribution in [1.29, 1.82) is 0 Å². The van der Waals surface area contributed by atoms with Crippen LogP contribution in [-0.4, -0.2) is 23.5 Å². The first kappa shape index (κ1) is 18.3. The zero-order valence-corrected chi connectivity index (χ0v) is 14.7. The van der Waals surface area contributed by atoms with E-state index in [1.54, 1.807) is 0 Å². The number of aliphatic carboxylic acids is 1. The summed E-state index contributed by atoms with van der Waals surface area (Å²) in [7, 11) is 0. The molecule has 2 rings (SSSR count). The third-order valence-corrected chi connectivity index (χ3v) is 5.78. The first-order valence-corrected chi connectivity index (χ1v) is 9.46. The largest absolute Gasteiger partial charge is 0.481 e. The molecule has 0 bridgehead atoms. The predicted molar refractivity (Wildman–Crippen MR) is 91.0 cm³/mol. The monoisotopic (exact) mass is 323 g/mol. The van der Waals surface area contributed by atoms with Gasteiger partial charge in [0.2, 0.25) is 5.91 Å². The Morgan fingerprint density at radius 2 is 1.43 bits per heavy atom. The van der Waals surface area contributed by atoms with Gasteiger partial charge in [-0.3, -0.25) is 9.59 Å². The van der Waals surface area contributed by atoms with Crippen molar-refractivity contribution in [1.82, 2.24) is 5.32 Å². The van der Waals surface area contributed by atoms with E-state index in [0.717, 1.165) is 56.9 Å². The molecule has 2 aliphatic rings. The lowest BCUT2D eigenvalue weighted by atomic mass is 9.78. The van der Waals surface area contributed by atoms with Crippen molar-refractivity contribution in [3.8, 4) is 0 Å². The number of hydrogen-bond acceptors (Lipinski definition) is 2. The Kier molecular flexibility index (Phi) is 6.91. The van der Waals surface area contributed by atoms with Crippen molar-refractivity contribution < 1.29 is 14.7 Å². The van der Waals surface area contributed by atoms with Gasteiger partial charge >= 0.3 is 5.97 Å². The van der Waals surface area contributed by atoms with Crippen LogP contribution in [0.15, 0.2) is 0 Å². The third-order valence-electron chi connectivity index (χ3n) is 5.78. The van der Waals surface area contributed by atoms with Gasteiger partial charge in [-0.1, -0.05) is 13.8 Å². The van der Waals surface area contributed by atoms with Gasteiger partial charge in [0.15, 0.2) is 0 Å². The maximum Gasteiger partial charge on any atom is 0.306 e. The van der Waals surface area contributed by atoms with E-state index in [1.807, 2.05) is 0 Å². The molecule has 0 radical (unpaired) electrons. The van der Waals surface area contributed by atoms with Gasteiger partial charge in [0.25, 0.3) is 0 Å². The molecule has 0 aliphatic heterocycles. The summed E-state index contributed by atoms with van der Waals surface area (Å²) < 4.78 is 0. The summed E-state index contributed by atoms with van der Waals surface area (Å²) in [6, 6.07) is 0. The average molecular weight is 323 g/mol. The van der Waals surface area contributed by atoms with Gasteiger partial charge in [-0.2, -0.15) is 0 Å². The Morgan fingerprint density at radius 1 is 0.913 bits per heavy atom. The van der Waals surface area contributed by atoms with Crippen molar-refractivity contribution in [2.45, 2.75) is 71.6 Å². The number of carboxylic acid groups (broad SMARTS) is 1. The van der Waals surface area contributed by atoms with Crippen LogP contribution in [0.2, 0.25) is 0 Å². The van der Waals surface area contributed by atoms with E-state index in [-0.39, 0.29) is 17.7 Å². The van der Waals surface area contributed by atoms with Gasteiger partial charge in [0.1, 0.15) is 0 Å². The van der Waals surface area contributed by atoms with E-state index < -0.39 is 5.97 Å². The van der Waals surface area contributed by atoms with E-state index in [2.05, 4.69) is 19.2 Å². The van der Waals surface area contributed by atoms with Gasteiger partial charge in [-0.05, 0) is 75.5 Å². The molecule has 0 unspecified atom stereocenters. The van der Waals surface area contributed by atoms with Crippen LogP contribution in [0.1, 0.15) is 71.6 Å². The SMILES string of the molecule is CC(C)CC1CCC(C(=O)NCC2CCC(C(=O)O)CC2)CC1. The number of hydrogen-bond donors (Lipinski definition) is 2. The molecule has 0 heterocycles. The molecular formula is C19H33NO3. The highest BCUT2D eigenvalue weighted by Gasteiger charge is 2.29. The highest BCUT2D eigenvalue weighted by Crippen LogP contribution is 2.33. The highest BCUT2D eigenvalue weighted by molar-refractivity contribution is 5.78. The van der Waals surface area contributed by atoms with Crippen molar-refractivity contribution in [3.63, 3.8) is 0 Å². The molecule has 2 aliphatic carbocycles. The predicted octanol–water partition coefficient (Wildman–Crippen LogP) is 3.85. The van der Waals surface area contributed by atoms with Crippen LogP contribution in [0, 0.1) is 29.6 Å². The molecule has 0 aromatic rings. The van der Waals surface area contributed by atoms with Crippen LogP contribution in [0.25, 0.3) is 0 Å². The molecule has 0 saturated heterocycles. The maximum atomic E-state index is 12.3. The summed E-state index contributed by atoms with van der Waals surface area (Å²) in [6.07, 6.45) is 9.13. The number of rotatable bonds is 6. The molecule has 0 atom stereocenters. The fourth-order valence-electron chi connectivity index (χ4n) is 4.33. The lowest BCUT2D eigenvalue weighted by Crippen LogP contribution is -2.37. The Morgan fingerprint density at radius 3 is 1.96 bits per heavy atom. The summed E-state index contributed by atoms with van der Waals surface area (Å²) in [4.78, 5) is 23.3. The van der Waals surface area contributed by atoms with E-state index in [1.165, 1.54) is 19.3 Å². The van der Waals surface area contributed by atoms with Crippen molar-refractivity contribution in [3.05, 3.63) is 0 Å². The molecule has 0 spiro atoms. The number of amides is 1. The third kappa shape index (κ3) is 5.82. The fraction of sp³-hybridized carbons (Fsp3) is 0.895. The topological polar surface area (TPSA) is 66.4 Å². The first-order chi connectivity index (χ1) is 11.0. The Balaban J connectivity index is 1.63. The second-order valence-electron chi connectivity index (χ2n) is 8.15. The molecular weight excluding hydrogens is 290 g/mol. The molecule has 0 aromatic carbocycles. The molecule has 0 aromatic heterocycles. The second kappa shape index (κ2) is 8.70. The van der Waals surface area contributed by atoms with Crippen LogP contribution < -0.4 is 5.32 Å². The number of carbonyl (C=O) groups is 2. The number of nitrogens with one attached hydrogen (secondary N) is 1. The van der Waals surface area contributed by atoms with E-state index in [9.17, 15) is 9.59 Å². The molecule has 4 heteroatoms. The lowest BCUT2D eigenvalue weighted by molar-refractivity contribution is -0.143. The van der Waals surface area contributed by atoms with Crippen molar-refractivity contribution in [2.75, 3.05) is 6.54 Å². The molecule has 2 saturated carbocycles. The van der Waals surface area contributed by atoms with E-state index >= 15 is 0 Å². The van der Waals surface area contributed by atoms with Crippen LogP contribution in [0.5, 0.6) is 0 Å². The zero-order chi connectivity index (χ0) is 16.8. The van der Waals surface area contributed by atoms with Gasteiger partial charge in [0.05, 0.1) is 5.92 Å². The zero-order valence-electron chi connectivity index (χ0n) is 14.7. The minimum atomic E-state index is -0.661. The van der Waals surface area contributed by atoms with Crippen LogP contribution in [0.3, 0.4) is 0 Å². The minimum absolute atomic E-state index is 0.168. The van der Waals surface area contributed by atoms with Gasteiger partial charge in [-0.25, -0.2) is 0 Å². The summed E-state index contributed by atoms with van der Waals surface area (Å²) in [6.45, 7) is 5.28. The van der Waals surface area contributed by atoms with Crippen molar-refractivity contribution in [2.24, 2.45) is 29.6 Å². The molecule has 1 amide bonds. The summed E-state index contributed by atoms with van der Waals surface area (Å²) in [5.41, 5.74) is 0. The quantitative estimate of drug-likeness (QED) is 0.780. The van der Waals surface area contributed by atoms with Crippen LogP contribution in [-0.2, 0) is 9.59 Å². The highest BCUT2D eigenvalue weighted by atomic mass is 16.4. The molecule has 2 fully saturated rings. The standard InChI is InChI=1S/C19H33NO3/c1-13(2)11-14-3-7-16(8-4-14)18(21)20-12-15-5-9-17(10-6-15)19(22)23/h13-17H,3-12H2,1-2H3,(H,20,21)(H,22,23). The van der Waals surface area contributed by atoms with Crippen LogP contribution >= 0.6 is 0 Å². The Labute approximate surface area is 140 Å². The summed E-state index contributed by atoms with van der Waals surface area (Å²) in [5, 5.41) is 12.2. The Hall–Kier alpha value is -1.06.